The Morgan fingerprint density at radius 3 is 2.46 bits per heavy atom. The van der Waals surface area contributed by atoms with Crippen molar-refractivity contribution in [2.45, 2.75) is 12.8 Å². The number of hydrogen-bond donors (Lipinski definition) is 0. The number of methoxy groups -OCH3 is 1. The minimum absolute atomic E-state index is 0.0867. The van der Waals surface area contributed by atoms with Gasteiger partial charge in [0.15, 0.2) is 0 Å². The van der Waals surface area contributed by atoms with Gasteiger partial charge < -0.3 is 9.47 Å². The van der Waals surface area contributed by atoms with E-state index in [1.807, 2.05) is 36.4 Å². The molecular weight excluding hydrogens is 369 g/mol. The molecule has 0 aliphatic carbocycles. The number of alkyl halides is 3. The fraction of sp³-hybridized carbons (Fsp3) is 0.136. The van der Waals surface area contributed by atoms with E-state index in [1.54, 1.807) is 13.2 Å². The Kier molecular flexibility index (Phi) is 5.68. The number of benzene rings is 3. The molecule has 6 heteroatoms. The fourth-order valence-electron chi connectivity index (χ4n) is 2.76. The molecule has 0 heterocycles. The van der Waals surface area contributed by atoms with Gasteiger partial charge in [-0.15, -0.1) is 0 Å². The summed E-state index contributed by atoms with van der Waals surface area (Å²) in [6.45, 7) is -0.448. The molecule has 3 aromatic carbocycles. The average molecular weight is 386 g/mol. The van der Waals surface area contributed by atoms with Gasteiger partial charge in [-0.2, -0.15) is 13.2 Å². The summed E-state index contributed by atoms with van der Waals surface area (Å²) in [6.07, 6.45) is -1.74. The molecule has 0 atom stereocenters. The van der Waals surface area contributed by atoms with Crippen molar-refractivity contribution in [2.75, 3.05) is 7.11 Å². The molecule has 0 aromatic heterocycles. The van der Waals surface area contributed by atoms with E-state index in [0.29, 0.717) is 0 Å². The lowest BCUT2D eigenvalue weighted by molar-refractivity contribution is -0.143. The molecule has 3 nitrogen and oxygen atoms in total. The highest BCUT2D eigenvalue weighted by Crippen LogP contribution is 2.32. The van der Waals surface area contributed by atoms with Gasteiger partial charge in [-0.05, 0) is 46.7 Å². The second kappa shape index (κ2) is 8.17. The zero-order valence-corrected chi connectivity index (χ0v) is 15.0. The number of carbonyl (C=O) groups excluding carboxylic acids is 1. The molecule has 0 unspecified atom stereocenters. The predicted molar refractivity (Wildman–Crippen MR) is 101 cm³/mol. The Bertz CT molecular complexity index is 1020. The van der Waals surface area contributed by atoms with Crippen LogP contribution in [0.15, 0.2) is 66.7 Å². The third kappa shape index (κ3) is 4.71. The van der Waals surface area contributed by atoms with Crippen molar-refractivity contribution in [3.63, 3.8) is 0 Å². The van der Waals surface area contributed by atoms with E-state index in [4.69, 9.17) is 9.47 Å². The standard InChI is InChI=1S/C22H17F3O3/c1-27-19-10-9-16-12-15(6-8-17(16)13-19)7-11-21(26)28-14-18-4-2-3-5-20(18)22(23,24)25/h2-13H,14H2,1H3/b11-7+. The molecule has 0 N–H and O–H groups in total. The van der Waals surface area contributed by atoms with Crippen molar-refractivity contribution in [3.8, 4) is 5.75 Å². The zero-order chi connectivity index (χ0) is 20.1. The van der Waals surface area contributed by atoms with Gasteiger partial charge in [0.1, 0.15) is 12.4 Å². The molecule has 3 aromatic rings. The molecular formula is C22H17F3O3. The van der Waals surface area contributed by atoms with Crippen LogP contribution in [0.4, 0.5) is 13.2 Å². The number of ether oxygens (including phenoxy) is 2. The molecule has 0 amide bonds. The molecule has 0 saturated heterocycles. The largest absolute Gasteiger partial charge is 0.497 e. The zero-order valence-electron chi connectivity index (χ0n) is 15.0. The molecule has 0 fully saturated rings. The molecule has 144 valence electrons. The topological polar surface area (TPSA) is 35.5 Å². The summed E-state index contributed by atoms with van der Waals surface area (Å²) in [6, 6.07) is 16.3. The van der Waals surface area contributed by atoms with E-state index in [2.05, 4.69) is 0 Å². The van der Waals surface area contributed by atoms with Crippen LogP contribution in [0.2, 0.25) is 0 Å². The van der Waals surface area contributed by atoms with Crippen LogP contribution in [-0.2, 0) is 22.3 Å². The van der Waals surface area contributed by atoms with Crippen molar-refractivity contribution < 1.29 is 27.4 Å². The molecule has 3 rings (SSSR count). The third-order valence-corrected chi connectivity index (χ3v) is 4.18. The van der Waals surface area contributed by atoms with Crippen molar-refractivity contribution >= 4 is 22.8 Å². The van der Waals surface area contributed by atoms with Gasteiger partial charge in [-0.3, -0.25) is 0 Å². The average Bonchev–Trinajstić information content (AvgIpc) is 2.69. The predicted octanol–water partition coefficient (Wildman–Crippen LogP) is 5.62. The van der Waals surface area contributed by atoms with Gasteiger partial charge in [0.2, 0.25) is 0 Å². The summed E-state index contributed by atoms with van der Waals surface area (Å²) in [4.78, 5) is 11.9. The second-order valence-corrected chi connectivity index (χ2v) is 6.07. The SMILES string of the molecule is COc1ccc2cc(/C=C/C(=O)OCc3ccccc3C(F)(F)F)ccc2c1. The van der Waals surface area contributed by atoms with Crippen LogP contribution in [0.25, 0.3) is 16.8 Å². The van der Waals surface area contributed by atoms with Crippen molar-refractivity contribution in [2.24, 2.45) is 0 Å². The van der Waals surface area contributed by atoms with Gasteiger partial charge in [0.05, 0.1) is 12.7 Å². The van der Waals surface area contributed by atoms with Gasteiger partial charge in [0, 0.05) is 11.6 Å². The van der Waals surface area contributed by atoms with E-state index in [1.165, 1.54) is 24.3 Å². The van der Waals surface area contributed by atoms with E-state index in [0.717, 1.165) is 28.2 Å². The highest BCUT2D eigenvalue weighted by atomic mass is 19.4. The molecule has 28 heavy (non-hydrogen) atoms. The number of rotatable bonds is 5. The molecule has 0 radical (unpaired) electrons. The highest BCUT2D eigenvalue weighted by molar-refractivity contribution is 5.90. The maximum Gasteiger partial charge on any atom is 0.416 e. The third-order valence-electron chi connectivity index (χ3n) is 4.18. The van der Waals surface area contributed by atoms with Crippen molar-refractivity contribution in [3.05, 3.63) is 83.4 Å². The van der Waals surface area contributed by atoms with Crippen LogP contribution < -0.4 is 4.74 Å². The monoisotopic (exact) mass is 386 g/mol. The van der Waals surface area contributed by atoms with Gasteiger partial charge >= 0.3 is 12.1 Å². The Balaban J connectivity index is 1.67. The van der Waals surface area contributed by atoms with E-state index in [9.17, 15) is 18.0 Å². The quantitative estimate of drug-likeness (QED) is 0.421. The van der Waals surface area contributed by atoms with Crippen LogP contribution in [-0.4, -0.2) is 13.1 Å². The summed E-state index contributed by atoms with van der Waals surface area (Å²) in [5.41, 5.74) is -0.126. The minimum Gasteiger partial charge on any atom is -0.497 e. The minimum atomic E-state index is -4.49. The Hall–Kier alpha value is -3.28. The maximum absolute atomic E-state index is 13.0. The van der Waals surface area contributed by atoms with Gasteiger partial charge in [-0.25, -0.2) is 4.79 Å². The number of hydrogen-bond acceptors (Lipinski definition) is 3. The lowest BCUT2D eigenvalue weighted by atomic mass is 10.1. The van der Waals surface area contributed by atoms with E-state index < -0.39 is 24.3 Å². The molecule has 0 spiro atoms. The summed E-state index contributed by atoms with van der Waals surface area (Å²) in [5, 5.41) is 1.96. The van der Waals surface area contributed by atoms with Crippen LogP contribution in [0.5, 0.6) is 5.75 Å². The summed E-state index contributed by atoms with van der Waals surface area (Å²) in [7, 11) is 1.59. The first-order valence-electron chi connectivity index (χ1n) is 8.44. The first-order chi connectivity index (χ1) is 13.4. The van der Waals surface area contributed by atoms with E-state index >= 15 is 0 Å². The Morgan fingerprint density at radius 1 is 1.00 bits per heavy atom. The second-order valence-electron chi connectivity index (χ2n) is 6.07. The van der Waals surface area contributed by atoms with Gasteiger partial charge in [-0.1, -0.05) is 36.4 Å². The number of fused-ring (bicyclic) bond motifs is 1. The van der Waals surface area contributed by atoms with Crippen LogP contribution >= 0.6 is 0 Å². The number of carbonyl (C=O) groups is 1. The van der Waals surface area contributed by atoms with Crippen LogP contribution in [0, 0.1) is 0 Å². The maximum atomic E-state index is 13.0. The summed E-state index contributed by atoms with van der Waals surface area (Å²) < 4.78 is 49.0. The molecule has 0 aliphatic heterocycles. The Labute approximate surface area is 160 Å². The number of halogens is 3. The molecule has 0 aliphatic rings. The first-order valence-corrected chi connectivity index (χ1v) is 8.44. The lowest BCUT2D eigenvalue weighted by Gasteiger charge is -2.12. The van der Waals surface area contributed by atoms with Crippen molar-refractivity contribution in [1.82, 2.24) is 0 Å². The normalized spacial score (nSPS) is 11.7. The van der Waals surface area contributed by atoms with Crippen LogP contribution in [0.1, 0.15) is 16.7 Å². The first kappa shape index (κ1) is 19.5. The molecule has 0 saturated carbocycles. The molecule has 0 bridgehead atoms. The summed E-state index contributed by atoms with van der Waals surface area (Å²) in [5.74, 6) is 0.0327. The van der Waals surface area contributed by atoms with E-state index in [-0.39, 0.29) is 5.56 Å². The highest BCUT2D eigenvalue weighted by Gasteiger charge is 2.33. The lowest BCUT2D eigenvalue weighted by Crippen LogP contribution is -2.11. The number of esters is 1. The van der Waals surface area contributed by atoms with Crippen molar-refractivity contribution in [1.29, 1.82) is 0 Å². The smallest absolute Gasteiger partial charge is 0.416 e. The summed E-state index contributed by atoms with van der Waals surface area (Å²) >= 11 is 0. The van der Waals surface area contributed by atoms with Crippen LogP contribution in [0.3, 0.4) is 0 Å². The fourth-order valence-corrected chi connectivity index (χ4v) is 2.76. The Morgan fingerprint density at radius 2 is 1.71 bits per heavy atom. The van der Waals surface area contributed by atoms with Gasteiger partial charge in [0.25, 0.3) is 0 Å².